The van der Waals surface area contributed by atoms with E-state index >= 15 is 0 Å². The highest BCUT2D eigenvalue weighted by atomic mass is 14.0. The lowest BCUT2D eigenvalue weighted by Gasteiger charge is -2.05. The second-order valence-electron chi connectivity index (χ2n) is 4.17. The summed E-state index contributed by atoms with van der Waals surface area (Å²) in [6.07, 6.45) is 20.6. The zero-order valence-electron chi connectivity index (χ0n) is 9.95. The third kappa shape index (κ3) is 5.41. The van der Waals surface area contributed by atoms with Crippen molar-refractivity contribution in [3.05, 3.63) is 48.1 Å². The Labute approximate surface area is 94.1 Å². The summed E-state index contributed by atoms with van der Waals surface area (Å²) in [5.41, 5.74) is 1.37. The highest BCUT2D eigenvalue weighted by Gasteiger charge is 1.96. The smallest absolute Gasteiger partial charge is 0.0256 e. The van der Waals surface area contributed by atoms with Gasteiger partial charge in [-0.3, -0.25) is 0 Å². The molecule has 0 aromatic heterocycles. The molecule has 82 valence electrons. The van der Waals surface area contributed by atoms with E-state index in [9.17, 15) is 0 Å². The van der Waals surface area contributed by atoms with E-state index in [1.807, 2.05) is 0 Å². The first-order valence-electron chi connectivity index (χ1n) is 5.99. The zero-order chi connectivity index (χ0) is 10.9. The molecule has 0 bridgehead atoms. The van der Waals surface area contributed by atoms with Gasteiger partial charge < -0.3 is 0 Å². The molecular weight excluding hydrogens is 180 g/mol. The van der Waals surface area contributed by atoms with E-state index < -0.39 is 0 Å². The third-order valence-electron chi connectivity index (χ3n) is 2.67. The highest BCUT2D eigenvalue weighted by Crippen LogP contribution is 2.14. The van der Waals surface area contributed by atoms with Crippen molar-refractivity contribution in [1.82, 2.24) is 0 Å². The summed E-state index contributed by atoms with van der Waals surface area (Å²) < 4.78 is 0. The molecule has 1 aliphatic rings. The molecule has 1 aliphatic carbocycles. The number of allylic oxidation sites excluding steroid dienone is 8. The molecule has 0 nitrogen and oxygen atoms in total. The van der Waals surface area contributed by atoms with Gasteiger partial charge in [-0.05, 0) is 44.1 Å². The monoisotopic (exact) mass is 202 g/mol. The van der Waals surface area contributed by atoms with Crippen LogP contribution in [0, 0.1) is 5.92 Å². The predicted molar refractivity (Wildman–Crippen MR) is 68.8 cm³/mol. The molecular formula is C15H22. The third-order valence-corrected chi connectivity index (χ3v) is 2.67. The van der Waals surface area contributed by atoms with Crippen LogP contribution in [0.2, 0.25) is 0 Å². The van der Waals surface area contributed by atoms with Gasteiger partial charge in [0.15, 0.2) is 0 Å². The minimum atomic E-state index is 0.678. The van der Waals surface area contributed by atoms with E-state index in [0.717, 1.165) is 0 Å². The van der Waals surface area contributed by atoms with Crippen LogP contribution in [0.1, 0.15) is 39.5 Å². The van der Waals surface area contributed by atoms with Crippen LogP contribution in [0.25, 0.3) is 0 Å². The van der Waals surface area contributed by atoms with Crippen LogP contribution in [0.5, 0.6) is 0 Å². The summed E-state index contributed by atoms with van der Waals surface area (Å²) >= 11 is 0. The Morgan fingerprint density at radius 1 is 1.40 bits per heavy atom. The summed E-state index contributed by atoms with van der Waals surface area (Å²) in [5.74, 6) is 0.678. The van der Waals surface area contributed by atoms with Crippen LogP contribution < -0.4 is 0 Å². The Bertz CT molecular complexity index is 276. The van der Waals surface area contributed by atoms with Gasteiger partial charge in [0, 0.05) is 0 Å². The van der Waals surface area contributed by atoms with Gasteiger partial charge in [0.05, 0.1) is 0 Å². The van der Waals surface area contributed by atoms with Gasteiger partial charge in [-0.1, -0.05) is 49.5 Å². The number of hydrogen-bond donors (Lipinski definition) is 0. The molecule has 0 radical (unpaired) electrons. The maximum absolute atomic E-state index is 2.32. The summed E-state index contributed by atoms with van der Waals surface area (Å²) in [7, 11) is 0. The average Bonchev–Trinajstić information content (AvgIpc) is 2.28. The van der Waals surface area contributed by atoms with Gasteiger partial charge in [0.2, 0.25) is 0 Å². The lowest BCUT2D eigenvalue weighted by molar-refractivity contribution is 0.657. The van der Waals surface area contributed by atoms with Crippen molar-refractivity contribution >= 4 is 0 Å². The molecule has 1 atom stereocenters. The fourth-order valence-electron chi connectivity index (χ4n) is 1.65. The Hall–Kier alpha value is -1.04. The van der Waals surface area contributed by atoms with Gasteiger partial charge >= 0.3 is 0 Å². The fraction of sp³-hybridized carbons (Fsp3) is 0.467. The minimum Gasteiger partial charge on any atom is -0.0917 e. The second kappa shape index (κ2) is 7.28. The summed E-state index contributed by atoms with van der Waals surface area (Å²) in [6, 6.07) is 0. The molecule has 0 heteroatoms. The highest BCUT2D eigenvalue weighted by molar-refractivity contribution is 5.32. The molecule has 0 aromatic rings. The first-order valence-corrected chi connectivity index (χ1v) is 5.99. The summed E-state index contributed by atoms with van der Waals surface area (Å²) in [4.78, 5) is 0. The Morgan fingerprint density at radius 2 is 2.27 bits per heavy atom. The molecule has 0 saturated heterocycles. The number of rotatable bonds is 5. The van der Waals surface area contributed by atoms with Crippen LogP contribution in [0.15, 0.2) is 48.1 Å². The molecule has 0 heterocycles. The molecule has 0 spiro atoms. The van der Waals surface area contributed by atoms with Crippen LogP contribution in [0.4, 0.5) is 0 Å². The lowest BCUT2D eigenvalue weighted by atomic mass is 10.0. The number of hydrogen-bond acceptors (Lipinski definition) is 0. The molecule has 0 aromatic carbocycles. The Morgan fingerprint density at radius 3 is 2.93 bits per heavy atom. The standard InChI is InChI=1S/C15H22/c1-3-4-6-9-14(2)12-13-15-10-7-5-8-11-15/h3-4,7,10-14H,5-6,8-9H2,1-2H3/b4-3+,13-12+. The molecule has 0 amide bonds. The summed E-state index contributed by atoms with van der Waals surface area (Å²) in [5, 5.41) is 0. The summed E-state index contributed by atoms with van der Waals surface area (Å²) in [6.45, 7) is 4.37. The van der Waals surface area contributed by atoms with Crippen molar-refractivity contribution in [2.24, 2.45) is 5.92 Å². The van der Waals surface area contributed by atoms with E-state index in [1.54, 1.807) is 0 Å². The van der Waals surface area contributed by atoms with E-state index in [4.69, 9.17) is 0 Å². The van der Waals surface area contributed by atoms with Crippen LogP contribution in [0.3, 0.4) is 0 Å². The fourth-order valence-corrected chi connectivity index (χ4v) is 1.65. The van der Waals surface area contributed by atoms with Crippen molar-refractivity contribution in [2.75, 3.05) is 0 Å². The van der Waals surface area contributed by atoms with Crippen LogP contribution in [-0.2, 0) is 0 Å². The molecule has 0 aliphatic heterocycles. The van der Waals surface area contributed by atoms with Gasteiger partial charge in [0.25, 0.3) is 0 Å². The quantitative estimate of drug-likeness (QED) is 0.561. The first-order chi connectivity index (χ1) is 7.33. The van der Waals surface area contributed by atoms with Gasteiger partial charge in [0.1, 0.15) is 0 Å². The van der Waals surface area contributed by atoms with Crippen LogP contribution in [-0.4, -0.2) is 0 Å². The van der Waals surface area contributed by atoms with Gasteiger partial charge in [-0.25, -0.2) is 0 Å². The van der Waals surface area contributed by atoms with Crippen molar-refractivity contribution in [3.63, 3.8) is 0 Å². The van der Waals surface area contributed by atoms with E-state index in [1.165, 1.54) is 31.3 Å². The zero-order valence-corrected chi connectivity index (χ0v) is 9.95. The van der Waals surface area contributed by atoms with Gasteiger partial charge in [-0.15, -0.1) is 0 Å². The topological polar surface area (TPSA) is 0 Å². The molecule has 15 heavy (non-hydrogen) atoms. The SMILES string of the molecule is C/C=C/CCC(C)/C=C/C1=CCCC=C1. The molecule has 0 saturated carbocycles. The maximum atomic E-state index is 2.32. The Balaban J connectivity index is 2.30. The van der Waals surface area contributed by atoms with Crippen molar-refractivity contribution in [2.45, 2.75) is 39.5 Å². The molecule has 1 rings (SSSR count). The predicted octanol–water partition coefficient (Wildman–Crippen LogP) is 4.81. The van der Waals surface area contributed by atoms with Crippen molar-refractivity contribution in [3.8, 4) is 0 Å². The lowest BCUT2D eigenvalue weighted by Crippen LogP contribution is -1.89. The Kier molecular flexibility index (Phi) is 5.84. The van der Waals surface area contributed by atoms with E-state index in [2.05, 4.69) is 56.4 Å². The first kappa shape index (κ1) is 12.0. The molecule has 1 unspecified atom stereocenters. The molecule has 0 fully saturated rings. The van der Waals surface area contributed by atoms with Crippen LogP contribution >= 0.6 is 0 Å². The maximum Gasteiger partial charge on any atom is -0.0256 e. The second-order valence-corrected chi connectivity index (χ2v) is 4.17. The minimum absolute atomic E-state index is 0.678. The largest absolute Gasteiger partial charge is 0.0917 e. The van der Waals surface area contributed by atoms with Crippen molar-refractivity contribution < 1.29 is 0 Å². The van der Waals surface area contributed by atoms with E-state index in [-0.39, 0.29) is 0 Å². The molecule has 0 N–H and O–H groups in total. The normalized spacial score (nSPS) is 18.7. The van der Waals surface area contributed by atoms with Gasteiger partial charge in [-0.2, -0.15) is 0 Å². The average molecular weight is 202 g/mol. The van der Waals surface area contributed by atoms with E-state index in [0.29, 0.717) is 5.92 Å². The van der Waals surface area contributed by atoms with Crippen molar-refractivity contribution in [1.29, 1.82) is 0 Å².